The molecule has 5 atom stereocenters. The fraction of sp³-hybridized carbons (Fsp3) is 0.944. The van der Waals surface area contributed by atoms with E-state index in [0.29, 0.717) is 31.6 Å². The van der Waals surface area contributed by atoms with E-state index in [1.54, 1.807) is 0 Å². The van der Waals surface area contributed by atoms with Gasteiger partial charge >= 0.3 is 39.5 Å². The molecule has 2 unspecified atom stereocenters. The van der Waals surface area contributed by atoms with Crippen molar-refractivity contribution >= 4 is 39.5 Å². The number of carbonyl (C=O) groups excluding carboxylic acids is 4. The maximum atomic E-state index is 13.0. The largest absolute Gasteiger partial charge is 0.472 e. The maximum absolute atomic E-state index is 13.0. The summed E-state index contributed by atoms with van der Waals surface area (Å²) in [6, 6.07) is 0. The van der Waals surface area contributed by atoms with Crippen LogP contribution < -0.4 is 0 Å². The van der Waals surface area contributed by atoms with Crippen LogP contribution in [0.25, 0.3) is 0 Å². The number of aliphatic hydroxyl groups excluding tert-OH is 1. The van der Waals surface area contributed by atoms with E-state index in [0.717, 1.165) is 95.8 Å². The summed E-state index contributed by atoms with van der Waals surface area (Å²) in [6.07, 6.45) is 50.2. The van der Waals surface area contributed by atoms with Gasteiger partial charge in [-0.25, -0.2) is 9.13 Å². The van der Waals surface area contributed by atoms with Gasteiger partial charge in [0, 0.05) is 25.7 Å². The van der Waals surface area contributed by atoms with Gasteiger partial charge in [-0.2, -0.15) is 0 Å². The molecule has 19 heteroatoms. The highest BCUT2D eigenvalue weighted by molar-refractivity contribution is 7.47. The molecular formula is C72H140O17P2. The average Bonchev–Trinajstić information content (AvgIpc) is 3.26. The van der Waals surface area contributed by atoms with Crippen LogP contribution in [0.3, 0.4) is 0 Å². The monoisotopic (exact) mass is 1340 g/mol. The molecule has 540 valence electrons. The van der Waals surface area contributed by atoms with E-state index < -0.39 is 97.5 Å². The summed E-state index contributed by atoms with van der Waals surface area (Å²) in [7, 11) is -9.90. The molecule has 0 aliphatic heterocycles. The second-order valence-electron chi connectivity index (χ2n) is 26.9. The summed E-state index contributed by atoms with van der Waals surface area (Å²) < 4.78 is 68.3. The third-order valence-electron chi connectivity index (χ3n) is 16.7. The van der Waals surface area contributed by atoms with E-state index in [-0.39, 0.29) is 25.7 Å². The zero-order chi connectivity index (χ0) is 67.2. The fourth-order valence-electron chi connectivity index (χ4n) is 10.9. The first-order valence-electron chi connectivity index (χ1n) is 37.5. The topological polar surface area (TPSA) is 237 Å². The van der Waals surface area contributed by atoms with Crippen molar-refractivity contribution in [2.24, 2.45) is 11.8 Å². The van der Waals surface area contributed by atoms with Gasteiger partial charge in [0.15, 0.2) is 12.2 Å². The zero-order valence-corrected chi connectivity index (χ0v) is 60.9. The van der Waals surface area contributed by atoms with Gasteiger partial charge in [-0.05, 0) is 37.5 Å². The van der Waals surface area contributed by atoms with Gasteiger partial charge in [-0.3, -0.25) is 37.3 Å². The van der Waals surface area contributed by atoms with Gasteiger partial charge in [0.25, 0.3) is 0 Å². The lowest BCUT2D eigenvalue weighted by molar-refractivity contribution is -0.161. The minimum Gasteiger partial charge on any atom is -0.462 e. The molecule has 0 aliphatic rings. The molecule has 0 radical (unpaired) electrons. The molecule has 0 bridgehead atoms. The van der Waals surface area contributed by atoms with Crippen LogP contribution in [0.1, 0.15) is 369 Å². The van der Waals surface area contributed by atoms with Crippen molar-refractivity contribution < 1.29 is 80.2 Å². The average molecular weight is 1340 g/mol. The number of phosphoric ester groups is 2. The molecule has 0 aliphatic carbocycles. The number of phosphoric acid groups is 2. The van der Waals surface area contributed by atoms with Crippen molar-refractivity contribution in [3.05, 3.63) is 0 Å². The third kappa shape index (κ3) is 66.5. The van der Waals surface area contributed by atoms with Crippen LogP contribution in [0.2, 0.25) is 0 Å². The second kappa shape index (κ2) is 64.1. The second-order valence-corrected chi connectivity index (χ2v) is 29.8. The Morgan fingerprint density at radius 1 is 0.297 bits per heavy atom. The summed E-state index contributed by atoms with van der Waals surface area (Å²) in [5, 5.41) is 10.6. The number of rotatable bonds is 71. The first kappa shape index (κ1) is 89.1. The fourth-order valence-corrected chi connectivity index (χ4v) is 12.5. The standard InChI is InChI=1S/C72H140O17P2/c1-7-9-11-13-15-17-18-19-20-21-22-23-24-25-26-27-31-38-44-50-56-71(76)88-67(60-83-70(75)55-49-43-37-32-28-30-34-40-46-52-64(3)4)62-86-90(78,79)84-58-66(73)59-85-91(80,81)87-63-68(61-82-69(74)54-48-42-36-29-16-14-12-10-8-2)89-72(77)57-51-45-39-33-35-41-47-53-65(5)6/h64-68,73H,7-63H2,1-6H3,(H,78,79)(H,80,81)/t66-,67-,68-/m1/s1. The molecule has 3 N–H and O–H groups in total. The molecule has 0 saturated carbocycles. The lowest BCUT2D eigenvalue weighted by Gasteiger charge is -2.21. The highest BCUT2D eigenvalue weighted by atomic mass is 31.2. The van der Waals surface area contributed by atoms with Crippen molar-refractivity contribution in [2.75, 3.05) is 39.6 Å². The lowest BCUT2D eigenvalue weighted by atomic mass is 10.0. The first-order valence-corrected chi connectivity index (χ1v) is 40.5. The van der Waals surface area contributed by atoms with Crippen LogP contribution in [0, 0.1) is 11.8 Å². The summed E-state index contributed by atoms with van der Waals surface area (Å²) in [6.45, 7) is 9.46. The normalized spacial score (nSPS) is 14.1. The molecule has 0 amide bonds. The molecule has 0 fully saturated rings. The van der Waals surface area contributed by atoms with Crippen LogP contribution in [-0.4, -0.2) is 96.7 Å². The minimum absolute atomic E-state index is 0.103. The number of ether oxygens (including phenoxy) is 4. The lowest BCUT2D eigenvalue weighted by Crippen LogP contribution is -2.30. The summed E-state index contributed by atoms with van der Waals surface area (Å²) in [4.78, 5) is 72.5. The number of carbonyl (C=O) groups is 4. The highest BCUT2D eigenvalue weighted by Crippen LogP contribution is 2.45. The zero-order valence-electron chi connectivity index (χ0n) is 59.1. The molecule has 0 heterocycles. The van der Waals surface area contributed by atoms with Crippen molar-refractivity contribution in [1.82, 2.24) is 0 Å². The van der Waals surface area contributed by atoms with Gasteiger partial charge in [0.05, 0.1) is 26.4 Å². The smallest absolute Gasteiger partial charge is 0.462 e. The van der Waals surface area contributed by atoms with Gasteiger partial charge < -0.3 is 33.8 Å². The Morgan fingerprint density at radius 3 is 0.747 bits per heavy atom. The Kier molecular flexibility index (Phi) is 62.7. The molecule has 17 nitrogen and oxygen atoms in total. The van der Waals surface area contributed by atoms with E-state index in [4.69, 9.17) is 37.0 Å². The van der Waals surface area contributed by atoms with Gasteiger partial charge in [0.2, 0.25) is 0 Å². The van der Waals surface area contributed by atoms with Crippen LogP contribution in [0.15, 0.2) is 0 Å². The molecular weight excluding hydrogens is 1200 g/mol. The van der Waals surface area contributed by atoms with E-state index >= 15 is 0 Å². The molecule has 0 aromatic rings. The molecule has 0 saturated heterocycles. The van der Waals surface area contributed by atoms with Crippen molar-refractivity contribution in [3.8, 4) is 0 Å². The van der Waals surface area contributed by atoms with Crippen molar-refractivity contribution in [3.63, 3.8) is 0 Å². The molecule has 0 aromatic heterocycles. The highest BCUT2D eigenvalue weighted by Gasteiger charge is 2.30. The molecule has 0 spiro atoms. The van der Waals surface area contributed by atoms with Gasteiger partial charge in [-0.15, -0.1) is 0 Å². The van der Waals surface area contributed by atoms with E-state index in [9.17, 15) is 43.2 Å². The SMILES string of the molecule is CCCCCCCCCCCCCCCCCCCCCCC(=O)O[C@H](COC(=O)CCCCCCCCCCCC(C)C)COP(=O)(O)OC[C@@H](O)COP(=O)(O)OC[C@@H](COC(=O)CCCCCCCCCCC)OC(=O)CCCCCCCCCC(C)C. The summed E-state index contributed by atoms with van der Waals surface area (Å²) in [5.74, 6) is -0.687. The van der Waals surface area contributed by atoms with E-state index in [2.05, 4.69) is 41.5 Å². The van der Waals surface area contributed by atoms with Crippen LogP contribution >= 0.6 is 15.6 Å². The maximum Gasteiger partial charge on any atom is 0.472 e. The Hall–Kier alpha value is -1.94. The Balaban J connectivity index is 5.18. The van der Waals surface area contributed by atoms with E-state index in [1.807, 2.05) is 0 Å². The molecule has 0 rings (SSSR count). The van der Waals surface area contributed by atoms with E-state index in [1.165, 1.54) is 186 Å². The number of hydrogen-bond donors (Lipinski definition) is 3. The van der Waals surface area contributed by atoms with Gasteiger partial charge in [0.1, 0.15) is 19.3 Å². The van der Waals surface area contributed by atoms with Crippen LogP contribution in [-0.2, 0) is 65.4 Å². The summed E-state index contributed by atoms with van der Waals surface area (Å²) >= 11 is 0. The van der Waals surface area contributed by atoms with Crippen molar-refractivity contribution in [2.45, 2.75) is 387 Å². The number of unbranched alkanes of at least 4 members (excludes halogenated alkanes) is 41. The van der Waals surface area contributed by atoms with Crippen LogP contribution in [0.5, 0.6) is 0 Å². The molecule has 91 heavy (non-hydrogen) atoms. The third-order valence-corrected chi connectivity index (χ3v) is 18.6. The number of esters is 4. The minimum atomic E-state index is -4.95. The Bertz CT molecular complexity index is 1770. The first-order chi connectivity index (χ1) is 43.9. The quantitative estimate of drug-likeness (QED) is 0.0222. The van der Waals surface area contributed by atoms with Crippen molar-refractivity contribution in [1.29, 1.82) is 0 Å². The summed E-state index contributed by atoms with van der Waals surface area (Å²) in [5.41, 5.74) is 0. The number of aliphatic hydroxyl groups is 1. The predicted octanol–water partition coefficient (Wildman–Crippen LogP) is 20.8. The molecule has 0 aromatic carbocycles. The predicted molar refractivity (Wildman–Crippen MR) is 368 cm³/mol. The van der Waals surface area contributed by atoms with Crippen LogP contribution in [0.4, 0.5) is 0 Å². The number of hydrogen-bond acceptors (Lipinski definition) is 15. The Morgan fingerprint density at radius 2 is 0.505 bits per heavy atom. The Labute approximate surface area is 556 Å². The van der Waals surface area contributed by atoms with Gasteiger partial charge in [-0.1, -0.05) is 318 Å².